The molecule has 0 bridgehead atoms. The van der Waals surface area contributed by atoms with Crippen molar-refractivity contribution in [3.8, 4) is 0 Å². The van der Waals surface area contributed by atoms with Gasteiger partial charge in [-0.05, 0) is 0 Å². The van der Waals surface area contributed by atoms with Crippen LogP contribution in [0.25, 0.3) is 0 Å². The van der Waals surface area contributed by atoms with Crippen molar-refractivity contribution in [1.29, 1.82) is 0 Å². The van der Waals surface area contributed by atoms with Gasteiger partial charge in [0.25, 0.3) is 0 Å². The van der Waals surface area contributed by atoms with Gasteiger partial charge in [-0.25, -0.2) is 13.1 Å². The standard InChI is InChI=1S/C4H8N2O5S/c5-3(7)1-6-12(10,11)2-4(8)9/h6H,1-2H2,(H2,5,7)(H,8,9). The first-order valence-electron chi connectivity index (χ1n) is 2.81. The van der Waals surface area contributed by atoms with Gasteiger partial charge in [0.1, 0.15) is 0 Å². The van der Waals surface area contributed by atoms with E-state index < -0.39 is 34.2 Å². The summed E-state index contributed by atoms with van der Waals surface area (Å²) in [6, 6.07) is 0. The predicted molar refractivity (Wildman–Crippen MR) is 38.6 cm³/mol. The summed E-state index contributed by atoms with van der Waals surface area (Å²) in [6.45, 7) is -0.588. The minimum atomic E-state index is -3.93. The van der Waals surface area contributed by atoms with Gasteiger partial charge in [-0.2, -0.15) is 0 Å². The summed E-state index contributed by atoms with van der Waals surface area (Å²) < 4.78 is 23.0. The number of carboxylic acids is 1. The van der Waals surface area contributed by atoms with E-state index >= 15 is 0 Å². The first-order chi connectivity index (χ1) is 5.33. The number of nitrogens with one attached hydrogen (secondary N) is 1. The second-order valence-electron chi connectivity index (χ2n) is 1.94. The van der Waals surface area contributed by atoms with E-state index in [1.165, 1.54) is 0 Å². The Bertz CT molecular complexity index is 282. The second kappa shape index (κ2) is 4.02. The van der Waals surface area contributed by atoms with Crippen molar-refractivity contribution in [2.45, 2.75) is 0 Å². The van der Waals surface area contributed by atoms with Crippen LogP contribution in [0, 0.1) is 0 Å². The third-order valence-corrected chi connectivity index (χ3v) is 1.99. The van der Waals surface area contributed by atoms with Gasteiger partial charge in [0.05, 0.1) is 6.54 Å². The van der Waals surface area contributed by atoms with Crippen LogP contribution in [0.2, 0.25) is 0 Å². The highest BCUT2D eigenvalue weighted by Crippen LogP contribution is 1.82. The van der Waals surface area contributed by atoms with Crippen LogP contribution in [-0.4, -0.2) is 37.7 Å². The zero-order valence-electron chi connectivity index (χ0n) is 5.98. The highest BCUT2D eigenvalue weighted by Gasteiger charge is 2.15. The van der Waals surface area contributed by atoms with Gasteiger partial charge < -0.3 is 10.8 Å². The van der Waals surface area contributed by atoms with Gasteiger partial charge in [-0.3, -0.25) is 9.59 Å². The molecule has 0 aromatic rings. The fraction of sp³-hybridized carbons (Fsp3) is 0.500. The average Bonchev–Trinajstić information content (AvgIpc) is 1.81. The molecule has 0 spiro atoms. The number of amides is 1. The Morgan fingerprint density at radius 3 is 2.25 bits per heavy atom. The fourth-order valence-electron chi connectivity index (χ4n) is 0.395. The van der Waals surface area contributed by atoms with Crippen LogP contribution in [0.3, 0.4) is 0 Å². The lowest BCUT2D eigenvalue weighted by Gasteiger charge is -2.00. The van der Waals surface area contributed by atoms with Crippen molar-refractivity contribution in [2.75, 3.05) is 12.3 Å². The topological polar surface area (TPSA) is 127 Å². The van der Waals surface area contributed by atoms with E-state index in [4.69, 9.17) is 5.11 Å². The van der Waals surface area contributed by atoms with Crippen LogP contribution in [0.5, 0.6) is 0 Å². The lowest BCUT2D eigenvalue weighted by molar-refractivity contribution is -0.134. The normalized spacial score (nSPS) is 11.0. The number of carboxylic acid groups (broad SMARTS) is 1. The van der Waals surface area contributed by atoms with Crippen LogP contribution >= 0.6 is 0 Å². The molecule has 70 valence electrons. The van der Waals surface area contributed by atoms with Gasteiger partial charge in [-0.15, -0.1) is 0 Å². The molecule has 0 saturated carbocycles. The maximum absolute atomic E-state index is 10.6. The van der Waals surface area contributed by atoms with Crippen molar-refractivity contribution in [3.63, 3.8) is 0 Å². The Morgan fingerprint density at radius 2 is 1.92 bits per heavy atom. The molecular formula is C4H8N2O5S. The Hall–Kier alpha value is -1.15. The van der Waals surface area contributed by atoms with Gasteiger partial charge in [0, 0.05) is 0 Å². The van der Waals surface area contributed by atoms with Crippen LogP contribution in [0.15, 0.2) is 0 Å². The molecule has 0 atom stereocenters. The molecule has 4 N–H and O–H groups in total. The smallest absolute Gasteiger partial charge is 0.320 e. The molecule has 0 rings (SSSR count). The number of carbonyl (C=O) groups is 2. The molecule has 0 saturated heterocycles. The number of aliphatic carboxylic acids is 1. The number of primary amides is 1. The molecule has 0 aliphatic carbocycles. The summed E-state index contributed by atoms with van der Waals surface area (Å²) in [5, 5.41) is 8.08. The molecule has 0 heterocycles. The summed E-state index contributed by atoms with van der Waals surface area (Å²) in [6.07, 6.45) is 0. The molecule has 0 unspecified atom stereocenters. The Morgan fingerprint density at radius 1 is 1.42 bits per heavy atom. The van der Waals surface area contributed by atoms with Crippen LogP contribution < -0.4 is 10.5 Å². The van der Waals surface area contributed by atoms with E-state index in [2.05, 4.69) is 5.73 Å². The molecule has 0 radical (unpaired) electrons. The molecule has 0 fully saturated rings. The summed E-state index contributed by atoms with van der Waals surface area (Å²) in [7, 11) is -3.93. The Labute approximate surface area is 68.6 Å². The van der Waals surface area contributed by atoms with Crippen molar-refractivity contribution < 1.29 is 23.1 Å². The molecule has 8 heteroatoms. The van der Waals surface area contributed by atoms with Crippen molar-refractivity contribution in [2.24, 2.45) is 5.73 Å². The number of carbonyl (C=O) groups excluding carboxylic acids is 1. The molecule has 7 nitrogen and oxygen atoms in total. The molecule has 0 aliphatic rings. The molecular weight excluding hydrogens is 188 g/mol. The predicted octanol–water partition coefficient (Wildman–Crippen LogP) is -2.52. The third-order valence-electron chi connectivity index (χ3n) is 0.780. The SMILES string of the molecule is NC(=O)CNS(=O)(=O)CC(=O)O. The van der Waals surface area contributed by atoms with Gasteiger partial charge in [0.15, 0.2) is 5.75 Å². The maximum Gasteiger partial charge on any atom is 0.320 e. The lowest BCUT2D eigenvalue weighted by Crippen LogP contribution is -2.36. The molecule has 1 amide bonds. The van der Waals surface area contributed by atoms with E-state index in [0.29, 0.717) is 0 Å². The zero-order chi connectivity index (χ0) is 9.78. The number of sulfonamides is 1. The minimum Gasteiger partial charge on any atom is -0.480 e. The van der Waals surface area contributed by atoms with Crippen molar-refractivity contribution >= 4 is 21.9 Å². The van der Waals surface area contributed by atoms with E-state index in [1.807, 2.05) is 0 Å². The third kappa shape index (κ3) is 5.62. The van der Waals surface area contributed by atoms with Crippen LogP contribution in [0.4, 0.5) is 0 Å². The van der Waals surface area contributed by atoms with E-state index in [-0.39, 0.29) is 0 Å². The first-order valence-corrected chi connectivity index (χ1v) is 4.46. The summed E-state index contributed by atoms with van der Waals surface area (Å²) >= 11 is 0. The average molecular weight is 196 g/mol. The van der Waals surface area contributed by atoms with Crippen LogP contribution in [0.1, 0.15) is 0 Å². The lowest BCUT2D eigenvalue weighted by atomic mass is 10.7. The van der Waals surface area contributed by atoms with Crippen molar-refractivity contribution in [1.82, 2.24) is 4.72 Å². The number of hydrogen-bond acceptors (Lipinski definition) is 4. The van der Waals surface area contributed by atoms with E-state index in [9.17, 15) is 18.0 Å². The fourth-order valence-corrected chi connectivity index (χ4v) is 1.18. The highest BCUT2D eigenvalue weighted by atomic mass is 32.2. The molecule has 0 aliphatic heterocycles. The first kappa shape index (κ1) is 10.8. The Kier molecular flexibility index (Phi) is 3.64. The summed E-state index contributed by atoms with van der Waals surface area (Å²) in [5.74, 6) is -3.43. The quantitative estimate of drug-likeness (QED) is 0.447. The van der Waals surface area contributed by atoms with Crippen LogP contribution in [-0.2, 0) is 19.6 Å². The Balaban J connectivity index is 4.06. The number of nitrogens with two attached hydrogens (primary N) is 1. The monoisotopic (exact) mass is 196 g/mol. The number of rotatable bonds is 5. The second-order valence-corrected chi connectivity index (χ2v) is 3.75. The largest absolute Gasteiger partial charge is 0.480 e. The zero-order valence-corrected chi connectivity index (χ0v) is 6.80. The van der Waals surface area contributed by atoms with Crippen molar-refractivity contribution in [3.05, 3.63) is 0 Å². The molecule has 0 aromatic carbocycles. The van der Waals surface area contributed by atoms with E-state index in [1.54, 1.807) is 4.72 Å². The molecule has 0 aromatic heterocycles. The van der Waals surface area contributed by atoms with E-state index in [0.717, 1.165) is 0 Å². The highest BCUT2D eigenvalue weighted by molar-refractivity contribution is 7.90. The maximum atomic E-state index is 10.6. The minimum absolute atomic E-state index is 0.588. The summed E-state index contributed by atoms with van der Waals surface area (Å²) in [4.78, 5) is 20.0. The summed E-state index contributed by atoms with van der Waals surface area (Å²) in [5.41, 5.74) is 4.62. The van der Waals surface area contributed by atoms with Gasteiger partial charge >= 0.3 is 5.97 Å². The molecule has 12 heavy (non-hydrogen) atoms. The van der Waals surface area contributed by atoms with Gasteiger partial charge in [0.2, 0.25) is 15.9 Å². The number of hydrogen-bond donors (Lipinski definition) is 3. The van der Waals surface area contributed by atoms with Gasteiger partial charge in [-0.1, -0.05) is 0 Å².